The fourth-order valence-electron chi connectivity index (χ4n) is 3.42. The highest BCUT2D eigenvalue weighted by Crippen LogP contribution is 2.20. The molecule has 1 aromatic rings. The summed E-state index contributed by atoms with van der Waals surface area (Å²) in [6, 6.07) is 6.76. The SMILES string of the molecule is CC(=O)N1CCN(CC(=O)N2CCN(c3ccccc3F)CC2)CC1. The van der Waals surface area contributed by atoms with Crippen LogP contribution in [0, 0.1) is 5.82 Å². The van der Waals surface area contributed by atoms with Gasteiger partial charge in [-0.05, 0) is 12.1 Å². The fraction of sp³-hybridized carbons (Fsp3) is 0.556. The average Bonchev–Trinajstić information content (AvgIpc) is 2.63. The van der Waals surface area contributed by atoms with E-state index in [1.54, 1.807) is 19.1 Å². The number of carbonyl (C=O) groups excluding carboxylic acids is 2. The van der Waals surface area contributed by atoms with E-state index in [9.17, 15) is 14.0 Å². The summed E-state index contributed by atoms with van der Waals surface area (Å²) in [6.07, 6.45) is 0. The molecule has 0 radical (unpaired) electrons. The molecule has 2 amide bonds. The van der Waals surface area contributed by atoms with Crippen LogP contribution in [-0.2, 0) is 9.59 Å². The maximum Gasteiger partial charge on any atom is 0.236 e. The number of hydrogen-bond acceptors (Lipinski definition) is 4. The molecule has 136 valence electrons. The zero-order chi connectivity index (χ0) is 17.8. The first-order valence-electron chi connectivity index (χ1n) is 8.80. The molecule has 0 aliphatic carbocycles. The number of benzene rings is 1. The summed E-state index contributed by atoms with van der Waals surface area (Å²) in [5, 5.41) is 0. The number of halogens is 1. The Kier molecular flexibility index (Phi) is 5.53. The van der Waals surface area contributed by atoms with E-state index in [0.29, 0.717) is 51.5 Å². The molecule has 2 aliphatic rings. The van der Waals surface area contributed by atoms with Gasteiger partial charge in [-0.25, -0.2) is 4.39 Å². The van der Waals surface area contributed by atoms with Gasteiger partial charge >= 0.3 is 0 Å². The second-order valence-corrected chi connectivity index (χ2v) is 6.60. The topological polar surface area (TPSA) is 47.1 Å². The molecule has 2 aliphatic heterocycles. The number of anilines is 1. The van der Waals surface area contributed by atoms with E-state index in [2.05, 4.69) is 4.90 Å². The van der Waals surface area contributed by atoms with Crippen LogP contribution in [-0.4, -0.2) is 85.4 Å². The summed E-state index contributed by atoms with van der Waals surface area (Å²) in [6.45, 7) is 7.33. The van der Waals surface area contributed by atoms with Crippen molar-refractivity contribution in [2.75, 3.05) is 63.8 Å². The van der Waals surface area contributed by atoms with Crippen molar-refractivity contribution in [2.45, 2.75) is 6.92 Å². The first-order chi connectivity index (χ1) is 12.0. The summed E-state index contributed by atoms with van der Waals surface area (Å²) in [7, 11) is 0. The predicted molar refractivity (Wildman–Crippen MR) is 93.9 cm³/mol. The van der Waals surface area contributed by atoms with Crippen molar-refractivity contribution in [3.8, 4) is 0 Å². The largest absolute Gasteiger partial charge is 0.366 e. The third-order valence-corrected chi connectivity index (χ3v) is 5.00. The van der Waals surface area contributed by atoms with Crippen molar-refractivity contribution in [1.82, 2.24) is 14.7 Å². The minimum absolute atomic E-state index is 0.0928. The molecule has 7 heteroatoms. The van der Waals surface area contributed by atoms with Crippen LogP contribution in [0.15, 0.2) is 24.3 Å². The lowest BCUT2D eigenvalue weighted by molar-refractivity contribution is -0.134. The summed E-state index contributed by atoms with van der Waals surface area (Å²) in [5.41, 5.74) is 0.606. The number of hydrogen-bond donors (Lipinski definition) is 0. The van der Waals surface area contributed by atoms with E-state index < -0.39 is 0 Å². The Labute approximate surface area is 147 Å². The third-order valence-electron chi connectivity index (χ3n) is 5.00. The first kappa shape index (κ1) is 17.7. The molecular formula is C18H25FN4O2. The molecule has 0 bridgehead atoms. The van der Waals surface area contributed by atoms with Gasteiger partial charge in [0.2, 0.25) is 11.8 Å². The number of para-hydroxylation sites is 1. The molecule has 1 aromatic carbocycles. The smallest absolute Gasteiger partial charge is 0.236 e. The minimum Gasteiger partial charge on any atom is -0.366 e. The van der Waals surface area contributed by atoms with Gasteiger partial charge in [0.1, 0.15) is 5.82 Å². The molecule has 0 N–H and O–H groups in total. The van der Waals surface area contributed by atoms with Crippen molar-refractivity contribution in [1.29, 1.82) is 0 Å². The Morgan fingerprint density at radius 1 is 0.920 bits per heavy atom. The van der Waals surface area contributed by atoms with Crippen molar-refractivity contribution >= 4 is 17.5 Å². The highest BCUT2D eigenvalue weighted by Gasteiger charge is 2.25. The second kappa shape index (κ2) is 7.82. The van der Waals surface area contributed by atoms with Gasteiger partial charge in [0.25, 0.3) is 0 Å². The molecule has 0 atom stereocenters. The molecule has 0 spiro atoms. The molecule has 3 rings (SSSR count). The van der Waals surface area contributed by atoms with E-state index >= 15 is 0 Å². The molecule has 6 nitrogen and oxygen atoms in total. The van der Waals surface area contributed by atoms with Crippen molar-refractivity contribution in [2.24, 2.45) is 0 Å². The number of amides is 2. The van der Waals surface area contributed by atoms with E-state index in [1.165, 1.54) is 6.07 Å². The lowest BCUT2D eigenvalue weighted by Crippen LogP contribution is -2.54. The lowest BCUT2D eigenvalue weighted by Gasteiger charge is -2.38. The van der Waals surface area contributed by atoms with Crippen LogP contribution in [0.1, 0.15) is 6.92 Å². The highest BCUT2D eigenvalue weighted by molar-refractivity contribution is 5.78. The summed E-state index contributed by atoms with van der Waals surface area (Å²) >= 11 is 0. The Morgan fingerprint density at radius 2 is 1.52 bits per heavy atom. The molecule has 2 saturated heterocycles. The molecule has 0 saturated carbocycles. The Balaban J connectivity index is 1.46. The quantitative estimate of drug-likeness (QED) is 0.804. The van der Waals surface area contributed by atoms with Gasteiger partial charge in [0.15, 0.2) is 0 Å². The minimum atomic E-state index is -0.217. The number of piperazine rings is 2. The number of nitrogens with zero attached hydrogens (tertiary/aromatic N) is 4. The molecule has 2 heterocycles. The van der Waals surface area contributed by atoms with Gasteiger partial charge in [-0.3, -0.25) is 14.5 Å². The van der Waals surface area contributed by atoms with Crippen LogP contribution in [0.3, 0.4) is 0 Å². The zero-order valence-corrected chi connectivity index (χ0v) is 14.7. The van der Waals surface area contributed by atoms with Crippen LogP contribution in [0.2, 0.25) is 0 Å². The van der Waals surface area contributed by atoms with Crippen molar-refractivity contribution in [3.63, 3.8) is 0 Å². The van der Waals surface area contributed by atoms with E-state index in [0.717, 1.165) is 13.1 Å². The van der Waals surface area contributed by atoms with Gasteiger partial charge in [-0.2, -0.15) is 0 Å². The predicted octanol–water partition coefficient (Wildman–Crippen LogP) is 0.638. The van der Waals surface area contributed by atoms with Crippen LogP contribution in [0.25, 0.3) is 0 Å². The van der Waals surface area contributed by atoms with Crippen LogP contribution >= 0.6 is 0 Å². The van der Waals surface area contributed by atoms with Gasteiger partial charge < -0.3 is 14.7 Å². The fourth-order valence-corrected chi connectivity index (χ4v) is 3.42. The number of carbonyl (C=O) groups is 2. The third kappa shape index (κ3) is 4.28. The van der Waals surface area contributed by atoms with Gasteiger partial charge in [0.05, 0.1) is 12.2 Å². The van der Waals surface area contributed by atoms with Gasteiger partial charge in [0, 0.05) is 59.3 Å². The van der Waals surface area contributed by atoms with Gasteiger partial charge in [-0.15, -0.1) is 0 Å². The lowest BCUT2D eigenvalue weighted by atomic mass is 10.2. The summed E-state index contributed by atoms with van der Waals surface area (Å²) in [5.74, 6) is -0.00896. The molecule has 0 unspecified atom stereocenters. The normalized spacial score (nSPS) is 19.2. The van der Waals surface area contributed by atoms with Crippen molar-refractivity contribution in [3.05, 3.63) is 30.1 Å². The van der Waals surface area contributed by atoms with Crippen molar-refractivity contribution < 1.29 is 14.0 Å². The first-order valence-corrected chi connectivity index (χ1v) is 8.80. The average molecular weight is 348 g/mol. The van der Waals surface area contributed by atoms with Crippen LogP contribution in [0.5, 0.6) is 0 Å². The molecule has 2 fully saturated rings. The van der Waals surface area contributed by atoms with Crippen LogP contribution in [0.4, 0.5) is 10.1 Å². The maximum absolute atomic E-state index is 13.9. The Bertz CT molecular complexity index is 623. The van der Waals surface area contributed by atoms with E-state index in [1.807, 2.05) is 20.8 Å². The standard InChI is InChI=1S/C18H25FN4O2/c1-15(24)21-8-6-20(7-9-21)14-18(25)23-12-10-22(11-13-23)17-5-3-2-4-16(17)19/h2-5H,6-14H2,1H3. The monoisotopic (exact) mass is 348 g/mol. The zero-order valence-electron chi connectivity index (χ0n) is 14.7. The Hall–Kier alpha value is -2.15. The Morgan fingerprint density at radius 3 is 2.12 bits per heavy atom. The second-order valence-electron chi connectivity index (χ2n) is 6.60. The number of rotatable bonds is 3. The molecular weight excluding hydrogens is 323 g/mol. The summed E-state index contributed by atoms with van der Waals surface area (Å²) in [4.78, 5) is 31.6. The molecule has 25 heavy (non-hydrogen) atoms. The van der Waals surface area contributed by atoms with E-state index in [-0.39, 0.29) is 17.6 Å². The van der Waals surface area contributed by atoms with Gasteiger partial charge in [-0.1, -0.05) is 12.1 Å². The van der Waals surface area contributed by atoms with E-state index in [4.69, 9.17) is 0 Å². The van der Waals surface area contributed by atoms with Crippen LogP contribution < -0.4 is 4.90 Å². The molecule has 0 aromatic heterocycles. The summed E-state index contributed by atoms with van der Waals surface area (Å²) < 4.78 is 13.9. The maximum atomic E-state index is 13.9. The highest BCUT2D eigenvalue weighted by atomic mass is 19.1.